The van der Waals surface area contributed by atoms with E-state index in [4.69, 9.17) is 11.0 Å². The van der Waals surface area contributed by atoms with Gasteiger partial charge in [0.15, 0.2) is 6.29 Å². The quantitative estimate of drug-likeness (QED) is 0.401. The number of anilines is 1. The molecule has 0 aliphatic heterocycles. The van der Waals surface area contributed by atoms with Crippen molar-refractivity contribution >= 4 is 24.6 Å². The minimum Gasteiger partial charge on any atom is -0.396 e. The van der Waals surface area contributed by atoms with Gasteiger partial charge in [0.1, 0.15) is 5.82 Å². The van der Waals surface area contributed by atoms with E-state index >= 15 is 0 Å². The van der Waals surface area contributed by atoms with Crippen molar-refractivity contribution < 1.29 is 9.18 Å². The smallest absolute Gasteiger partial charge is 0.152 e. The van der Waals surface area contributed by atoms with Gasteiger partial charge in [-0.15, -0.1) is 12.6 Å². The number of benzene rings is 1. The van der Waals surface area contributed by atoms with Crippen molar-refractivity contribution in [3.63, 3.8) is 0 Å². The number of halogens is 1. The van der Waals surface area contributed by atoms with Crippen LogP contribution in [0.2, 0.25) is 0 Å². The summed E-state index contributed by atoms with van der Waals surface area (Å²) in [7, 11) is 0. The predicted molar refractivity (Wildman–Crippen MR) is 96.6 cm³/mol. The molecule has 6 heteroatoms. The zero-order valence-electron chi connectivity index (χ0n) is 13.6. The highest BCUT2D eigenvalue weighted by molar-refractivity contribution is 7.80. The lowest BCUT2D eigenvalue weighted by Crippen LogP contribution is -1.89. The molecule has 1 aromatic carbocycles. The number of nitrogens with zero attached hydrogens (tertiary/aromatic N) is 1. The van der Waals surface area contributed by atoms with Gasteiger partial charge >= 0.3 is 0 Å². The zero-order chi connectivity index (χ0) is 17.9. The van der Waals surface area contributed by atoms with Crippen molar-refractivity contribution in [3.05, 3.63) is 47.5 Å². The molecule has 24 heavy (non-hydrogen) atoms. The maximum atomic E-state index is 12.5. The molecule has 0 saturated heterocycles. The minimum absolute atomic E-state index is 0.0685. The fraction of sp³-hybridized carbons (Fsp3) is 0.333. The summed E-state index contributed by atoms with van der Waals surface area (Å²) >= 11 is 3.97. The Kier molecular flexibility index (Phi) is 8.66. The Morgan fingerprint density at radius 2 is 2.04 bits per heavy atom. The van der Waals surface area contributed by atoms with Gasteiger partial charge in [-0.1, -0.05) is 32.6 Å². The normalized spacial score (nSPS) is 13.1. The maximum absolute atomic E-state index is 12.5. The summed E-state index contributed by atoms with van der Waals surface area (Å²) in [4.78, 5) is 13.5. The molecular weight excluding hydrogens is 325 g/mol. The number of nitrogen functional groups attached to an aromatic ring is 1. The second-order valence-electron chi connectivity index (χ2n) is 5.65. The van der Waals surface area contributed by atoms with Gasteiger partial charge in [-0.05, 0) is 24.1 Å². The summed E-state index contributed by atoms with van der Waals surface area (Å²) < 4.78 is 12.5. The highest BCUT2D eigenvalue weighted by Gasteiger charge is 2.07. The van der Waals surface area contributed by atoms with Crippen molar-refractivity contribution in [1.29, 1.82) is 5.26 Å². The number of aldehydes is 1. The third-order valence-corrected chi connectivity index (χ3v) is 4.04. The van der Waals surface area contributed by atoms with E-state index in [1.807, 2.05) is 0 Å². The van der Waals surface area contributed by atoms with E-state index in [0.717, 1.165) is 18.3 Å². The van der Waals surface area contributed by atoms with Crippen molar-refractivity contribution in [3.8, 4) is 6.07 Å². The van der Waals surface area contributed by atoms with Gasteiger partial charge < -0.3 is 10.7 Å². The Morgan fingerprint density at radius 3 is 2.38 bits per heavy atom. The number of aromatic nitrogens is 1. The molecule has 1 aliphatic rings. The van der Waals surface area contributed by atoms with Gasteiger partial charge in [0.25, 0.3) is 0 Å². The highest BCUT2D eigenvalue weighted by Crippen LogP contribution is 2.22. The van der Waals surface area contributed by atoms with Crippen LogP contribution in [0.1, 0.15) is 48.5 Å². The molecule has 1 aromatic heterocycles. The van der Waals surface area contributed by atoms with E-state index in [0.29, 0.717) is 10.5 Å². The first-order chi connectivity index (χ1) is 11.5. The molecule has 0 spiro atoms. The molecule has 1 aliphatic carbocycles. The van der Waals surface area contributed by atoms with Gasteiger partial charge in [-0.25, -0.2) is 4.39 Å². The second-order valence-corrected chi connectivity index (χ2v) is 6.13. The Bertz CT molecular complexity index is 688. The number of aromatic amines is 1. The molecule has 0 bridgehead atoms. The lowest BCUT2D eigenvalue weighted by Gasteiger charge is -1.93. The van der Waals surface area contributed by atoms with Gasteiger partial charge in [0, 0.05) is 22.9 Å². The number of carbonyl (C=O) groups excluding carboxylic acids is 1. The Labute approximate surface area is 147 Å². The topological polar surface area (TPSA) is 82.7 Å². The molecular formula is C18H22FN3OS. The molecule has 128 valence electrons. The first-order valence-corrected chi connectivity index (χ1v) is 8.18. The number of carbonyl (C=O) groups is 1. The van der Waals surface area contributed by atoms with Crippen molar-refractivity contribution in [1.82, 2.24) is 4.98 Å². The minimum atomic E-state index is -0.543. The molecule has 0 radical (unpaired) electrons. The van der Waals surface area contributed by atoms with Gasteiger partial charge in [-0.3, -0.25) is 4.79 Å². The van der Waals surface area contributed by atoms with Crippen molar-refractivity contribution in [2.75, 3.05) is 5.73 Å². The van der Waals surface area contributed by atoms with Gasteiger partial charge in [0.05, 0.1) is 17.3 Å². The first-order valence-electron chi connectivity index (χ1n) is 7.74. The van der Waals surface area contributed by atoms with E-state index < -0.39 is 5.82 Å². The summed E-state index contributed by atoms with van der Waals surface area (Å²) in [5, 5.41) is 8.30. The maximum Gasteiger partial charge on any atom is 0.152 e. The fourth-order valence-corrected chi connectivity index (χ4v) is 2.38. The fourth-order valence-electron chi connectivity index (χ4n) is 2.19. The SMILES string of the molecule is CC1CCCC1.N#Cc1ccc(N)c(F)c1.O=Cc1c[nH]cc1S. The summed E-state index contributed by atoms with van der Waals surface area (Å²) in [5.41, 5.74) is 6.12. The summed E-state index contributed by atoms with van der Waals surface area (Å²) in [6.07, 6.45) is 9.98. The molecule has 0 amide bonds. The largest absolute Gasteiger partial charge is 0.396 e. The van der Waals surface area contributed by atoms with E-state index in [1.54, 1.807) is 18.5 Å². The lowest BCUT2D eigenvalue weighted by molar-refractivity contribution is 0.112. The molecule has 0 unspecified atom stereocenters. The summed E-state index contributed by atoms with van der Waals surface area (Å²) in [6, 6.07) is 5.75. The molecule has 2 aromatic rings. The lowest BCUT2D eigenvalue weighted by atomic mass is 10.2. The molecule has 3 N–H and O–H groups in total. The van der Waals surface area contributed by atoms with Crippen LogP contribution in [-0.2, 0) is 0 Å². The van der Waals surface area contributed by atoms with Crippen LogP contribution in [0, 0.1) is 23.1 Å². The van der Waals surface area contributed by atoms with Gasteiger partial charge in [0.2, 0.25) is 0 Å². The van der Waals surface area contributed by atoms with Gasteiger partial charge in [-0.2, -0.15) is 5.26 Å². The third-order valence-electron chi connectivity index (χ3n) is 3.66. The number of thiol groups is 1. The Hall–Kier alpha value is -2.26. The van der Waals surface area contributed by atoms with Crippen LogP contribution in [-0.4, -0.2) is 11.3 Å². The Morgan fingerprint density at radius 1 is 1.38 bits per heavy atom. The van der Waals surface area contributed by atoms with Crippen LogP contribution in [0.5, 0.6) is 0 Å². The van der Waals surface area contributed by atoms with E-state index in [2.05, 4.69) is 24.5 Å². The number of nitrogens with two attached hydrogens (primary N) is 1. The predicted octanol–water partition coefficient (Wildman–Crippen LogP) is 4.59. The molecule has 3 rings (SSSR count). The molecule has 4 nitrogen and oxygen atoms in total. The second kappa shape index (κ2) is 10.5. The van der Waals surface area contributed by atoms with E-state index in [1.165, 1.54) is 37.8 Å². The number of nitriles is 1. The van der Waals surface area contributed by atoms with Crippen LogP contribution in [0.15, 0.2) is 35.5 Å². The van der Waals surface area contributed by atoms with Crippen LogP contribution in [0.25, 0.3) is 0 Å². The number of hydrogen-bond donors (Lipinski definition) is 3. The molecule has 1 heterocycles. The van der Waals surface area contributed by atoms with Crippen LogP contribution < -0.4 is 5.73 Å². The Balaban J connectivity index is 0.000000186. The van der Waals surface area contributed by atoms with Crippen LogP contribution in [0.4, 0.5) is 10.1 Å². The number of nitrogens with one attached hydrogen (secondary N) is 1. The zero-order valence-corrected chi connectivity index (χ0v) is 14.5. The first kappa shape index (κ1) is 19.8. The summed E-state index contributed by atoms with van der Waals surface area (Å²) in [5.74, 6) is 0.504. The third kappa shape index (κ3) is 6.88. The number of hydrogen-bond acceptors (Lipinski definition) is 4. The molecule has 1 fully saturated rings. The van der Waals surface area contributed by atoms with E-state index in [9.17, 15) is 9.18 Å². The van der Waals surface area contributed by atoms with Crippen LogP contribution in [0.3, 0.4) is 0 Å². The monoisotopic (exact) mass is 347 g/mol. The average molecular weight is 347 g/mol. The average Bonchev–Trinajstić information content (AvgIpc) is 3.22. The standard InChI is InChI=1S/C7H5FN2.C6H12.C5H5NOS/c8-6-3-5(4-9)1-2-7(6)10;1-6-4-2-3-5-6;7-3-4-1-6-2-5(4)8/h1-3H,10H2;6H,2-5H2,1H3;1-3,6,8H. The summed E-state index contributed by atoms with van der Waals surface area (Å²) in [6.45, 7) is 2.34. The number of rotatable bonds is 1. The number of H-pyrrole nitrogens is 1. The molecule has 1 saturated carbocycles. The highest BCUT2D eigenvalue weighted by atomic mass is 32.1. The van der Waals surface area contributed by atoms with Crippen molar-refractivity contribution in [2.45, 2.75) is 37.5 Å². The van der Waals surface area contributed by atoms with Crippen LogP contribution >= 0.6 is 12.6 Å². The van der Waals surface area contributed by atoms with Crippen molar-refractivity contribution in [2.24, 2.45) is 5.92 Å². The van der Waals surface area contributed by atoms with E-state index in [-0.39, 0.29) is 11.3 Å². The molecule has 0 atom stereocenters.